The van der Waals surface area contributed by atoms with Gasteiger partial charge in [-0.25, -0.2) is 17.5 Å². The van der Waals surface area contributed by atoms with Crippen LogP contribution in [-0.2, 0) is 20.3 Å². The van der Waals surface area contributed by atoms with Crippen molar-refractivity contribution >= 4 is 22.1 Å². The lowest BCUT2D eigenvalue weighted by Gasteiger charge is -2.44. The number of aliphatic imine (C=N–C) groups is 1. The number of sulfonamides is 1. The molecule has 26 heavy (non-hydrogen) atoms. The Bertz CT molecular complexity index is 832. The summed E-state index contributed by atoms with van der Waals surface area (Å²) in [6.07, 6.45) is -0.838. The summed E-state index contributed by atoms with van der Waals surface area (Å²) in [5, 5.41) is 5.64. The van der Waals surface area contributed by atoms with E-state index in [1.165, 1.54) is 7.05 Å². The first-order valence-corrected chi connectivity index (χ1v) is 9.90. The number of hydrogen-bond donors (Lipinski definition) is 2. The molecule has 3 rings (SSSR count). The molecule has 2 N–H and O–H groups in total. The minimum atomic E-state index is -3.71. The summed E-state index contributed by atoms with van der Waals surface area (Å²) < 4.78 is 32.4. The molecule has 8 nitrogen and oxygen atoms in total. The fourth-order valence-corrected chi connectivity index (χ4v) is 5.15. The van der Waals surface area contributed by atoms with Crippen LogP contribution >= 0.6 is 0 Å². The van der Waals surface area contributed by atoms with E-state index in [0.29, 0.717) is 13.1 Å². The molecule has 2 aliphatic heterocycles. The summed E-state index contributed by atoms with van der Waals surface area (Å²) in [5.74, 6) is -0.0388. The van der Waals surface area contributed by atoms with Crippen LogP contribution in [0.25, 0.3) is 0 Å². The van der Waals surface area contributed by atoms with Crippen molar-refractivity contribution < 1.29 is 17.9 Å². The van der Waals surface area contributed by atoms with Crippen molar-refractivity contribution in [1.29, 1.82) is 0 Å². The van der Waals surface area contributed by atoms with Gasteiger partial charge in [0.1, 0.15) is 10.9 Å². The highest BCUT2D eigenvalue weighted by Gasteiger charge is 2.57. The van der Waals surface area contributed by atoms with Crippen LogP contribution in [0.4, 0.5) is 4.79 Å². The SMILES string of the molecule is CN1/C(=N\C(=O)OC(C)(C)C)NC2(c3ccccc3)CNCC2S1(=O)=O. The molecule has 9 heteroatoms. The topological polar surface area (TPSA) is 100 Å². The fraction of sp³-hybridized carbons (Fsp3) is 0.529. The maximum Gasteiger partial charge on any atom is 0.437 e. The predicted molar refractivity (Wildman–Crippen MR) is 98.3 cm³/mol. The Morgan fingerprint density at radius 1 is 1.31 bits per heavy atom. The van der Waals surface area contributed by atoms with Gasteiger partial charge >= 0.3 is 6.09 Å². The number of benzene rings is 1. The van der Waals surface area contributed by atoms with E-state index < -0.39 is 32.5 Å². The summed E-state index contributed by atoms with van der Waals surface area (Å²) in [6.45, 7) is 5.89. The monoisotopic (exact) mass is 380 g/mol. The number of amides is 1. The van der Waals surface area contributed by atoms with E-state index in [1.54, 1.807) is 20.8 Å². The molecule has 0 aliphatic carbocycles. The van der Waals surface area contributed by atoms with Gasteiger partial charge < -0.3 is 15.4 Å². The summed E-state index contributed by atoms with van der Waals surface area (Å²) >= 11 is 0. The fourth-order valence-electron chi connectivity index (χ4n) is 3.33. The van der Waals surface area contributed by atoms with Crippen LogP contribution in [0, 0.1) is 0 Å². The van der Waals surface area contributed by atoms with Gasteiger partial charge in [-0.3, -0.25) is 0 Å². The van der Waals surface area contributed by atoms with E-state index in [2.05, 4.69) is 15.6 Å². The van der Waals surface area contributed by atoms with Gasteiger partial charge in [-0.2, -0.15) is 0 Å². The third-order valence-corrected chi connectivity index (χ3v) is 6.76. The zero-order valence-corrected chi connectivity index (χ0v) is 16.1. The molecule has 0 saturated carbocycles. The van der Waals surface area contributed by atoms with Gasteiger partial charge in [0.15, 0.2) is 0 Å². The van der Waals surface area contributed by atoms with Crippen molar-refractivity contribution in [2.75, 3.05) is 20.1 Å². The Hall–Kier alpha value is -2.13. The van der Waals surface area contributed by atoms with Crippen LogP contribution < -0.4 is 10.6 Å². The van der Waals surface area contributed by atoms with E-state index in [-0.39, 0.29) is 5.96 Å². The van der Waals surface area contributed by atoms with Crippen molar-refractivity contribution in [3.8, 4) is 0 Å². The van der Waals surface area contributed by atoms with Crippen molar-refractivity contribution in [2.24, 2.45) is 4.99 Å². The van der Waals surface area contributed by atoms with Crippen molar-refractivity contribution in [3.05, 3.63) is 35.9 Å². The Kier molecular flexibility index (Phi) is 4.48. The first-order chi connectivity index (χ1) is 12.1. The molecule has 1 aromatic rings. The van der Waals surface area contributed by atoms with Crippen LogP contribution in [0.5, 0.6) is 0 Å². The molecule has 0 radical (unpaired) electrons. The minimum Gasteiger partial charge on any atom is -0.442 e. The quantitative estimate of drug-likeness (QED) is 0.754. The van der Waals surface area contributed by atoms with Crippen molar-refractivity contribution in [2.45, 2.75) is 37.2 Å². The number of ether oxygens (including phenoxy) is 1. The largest absolute Gasteiger partial charge is 0.442 e. The van der Waals surface area contributed by atoms with Crippen LogP contribution in [-0.4, -0.2) is 55.8 Å². The van der Waals surface area contributed by atoms with E-state index in [9.17, 15) is 13.2 Å². The molecule has 0 spiro atoms. The summed E-state index contributed by atoms with van der Waals surface area (Å²) in [5.41, 5.74) is -0.793. The predicted octanol–water partition coefficient (Wildman–Crippen LogP) is 1.01. The number of fused-ring (bicyclic) bond motifs is 1. The number of nitrogens with zero attached hydrogens (tertiary/aromatic N) is 2. The average molecular weight is 380 g/mol. The minimum absolute atomic E-state index is 0.0388. The lowest BCUT2D eigenvalue weighted by molar-refractivity contribution is 0.0601. The van der Waals surface area contributed by atoms with Gasteiger partial charge in [-0.05, 0) is 26.3 Å². The third-order valence-electron chi connectivity index (χ3n) is 4.54. The average Bonchev–Trinajstić information content (AvgIpc) is 2.98. The van der Waals surface area contributed by atoms with Crippen molar-refractivity contribution in [1.82, 2.24) is 14.9 Å². The Morgan fingerprint density at radius 3 is 2.58 bits per heavy atom. The second kappa shape index (κ2) is 6.24. The first kappa shape index (κ1) is 18.7. The standard InChI is InChI=1S/C17H24N4O4S/c1-16(2,3)25-15(22)19-14-20-17(12-8-6-5-7-9-12)11-18-10-13(17)26(23,24)21(14)4/h5-9,13,18H,10-11H2,1-4H3,(H,19,20,22). The van der Waals surface area contributed by atoms with Crippen LogP contribution in [0.15, 0.2) is 35.3 Å². The molecule has 0 aromatic heterocycles. The number of nitrogens with one attached hydrogen (secondary N) is 2. The third kappa shape index (κ3) is 3.16. The summed E-state index contributed by atoms with van der Waals surface area (Å²) in [4.78, 5) is 16.0. The molecule has 142 valence electrons. The number of rotatable bonds is 1. The van der Waals surface area contributed by atoms with Gasteiger partial charge in [0.25, 0.3) is 0 Å². The van der Waals surface area contributed by atoms with E-state index >= 15 is 0 Å². The normalized spacial score (nSPS) is 29.2. The molecule has 2 atom stereocenters. The molecule has 2 saturated heterocycles. The summed E-state index contributed by atoms with van der Waals surface area (Å²) in [6, 6.07) is 9.34. The molecule has 2 aliphatic rings. The van der Waals surface area contributed by atoms with Gasteiger partial charge in [0.2, 0.25) is 16.0 Å². The zero-order chi connectivity index (χ0) is 19.2. The Labute approximate surface area is 153 Å². The highest BCUT2D eigenvalue weighted by atomic mass is 32.2. The summed E-state index contributed by atoms with van der Waals surface area (Å²) in [7, 11) is -2.33. The molecule has 2 unspecified atom stereocenters. The Balaban J connectivity index is 2.05. The van der Waals surface area contributed by atoms with Crippen LogP contribution in [0.1, 0.15) is 26.3 Å². The highest BCUT2D eigenvalue weighted by Crippen LogP contribution is 2.37. The molecule has 1 amide bonds. The number of hydrogen-bond acceptors (Lipinski definition) is 5. The lowest BCUT2D eigenvalue weighted by Crippen LogP contribution is -2.67. The lowest BCUT2D eigenvalue weighted by atomic mass is 9.88. The smallest absolute Gasteiger partial charge is 0.437 e. The van der Waals surface area contributed by atoms with Gasteiger partial charge in [-0.1, -0.05) is 30.3 Å². The number of carbonyl (C=O) groups excluding carboxylic acids is 1. The highest BCUT2D eigenvalue weighted by molar-refractivity contribution is 7.90. The van der Waals surface area contributed by atoms with Crippen LogP contribution in [0.3, 0.4) is 0 Å². The van der Waals surface area contributed by atoms with Gasteiger partial charge in [0.05, 0.1) is 5.54 Å². The second-order valence-electron chi connectivity index (χ2n) is 7.51. The van der Waals surface area contributed by atoms with E-state index in [0.717, 1.165) is 9.87 Å². The Morgan fingerprint density at radius 2 is 1.96 bits per heavy atom. The maximum absolute atomic E-state index is 13.1. The molecule has 2 fully saturated rings. The zero-order valence-electron chi connectivity index (χ0n) is 15.3. The molecule has 0 bridgehead atoms. The van der Waals surface area contributed by atoms with Crippen molar-refractivity contribution in [3.63, 3.8) is 0 Å². The van der Waals surface area contributed by atoms with Gasteiger partial charge in [0, 0.05) is 20.1 Å². The molecule has 1 aromatic carbocycles. The van der Waals surface area contributed by atoms with E-state index in [4.69, 9.17) is 4.74 Å². The first-order valence-electron chi connectivity index (χ1n) is 8.40. The maximum atomic E-state index is 13.1. The van der Waals surface area contributed by atoms with E-state index in [1.807, 2.05) is 30.3 Å². The molecular weight excluding hydrogens is 356 g/mol. The van der Waals surface area contributed by atoms with Gasteiger partial charge in [-0.15, -0.1) is 4.99 Å². The molecule has 2 heterocycles. The second-order valence-corrected chi connectivity index (χ2v) is 9.66. The van der Waals surface area contributed by atoms with Crippen LogP contribution in [0.2, 0.25) is 0 Å². The molecular formula is C17H24N4O4S. The number of guanidine groups is 1. The number of carbonyl (C=O) groups is 1.